The number of rotatable bonds is 5. The normalized spacial score (nSPS) is 11.4. The molecule has 49 heavy (non-hydrogen) atoms. The molecule has 5 aromatic heterocycles. The van der Waals surface area contributed by atoms with E-state index < -0.39 is 8.07 Å². The van der Waals surface area contributed by atoms with Crippen LogP contribution >= 0.6 is 0 Å². The summed E-state index contributed by atoms with van der Waals surface area (Å²) in [6.45, 7) is 13.3. The van der Waals surface area contributed by atoms with Crippen molar-refractivity contribution in [3.63, 3.8) is 0 Å². The van der Waals surface area contributed by atoms with Gasteiger partial charge in [-0.3, -0.25) is 15.0 Å². The molecule has 0 fully saturated rings. The number of benzene rings is 3. The number of fused-ring (bicyclic) bond motifs is 4. The summed E-state index contributed by atoms with van der Waals surface area (Å²) >= 11 is 0. The van der Waals surface area contributed by atoms with E-state index in [0.29, 0.717) is 0 Å². The van der Waals surface area contributed by atoms with Crippen LogP contribution in [-0.4, -0.2) is 32.6 Å². The Morgan fingerprint density at radius 3 is 2.27 bits per heavy atom. The van der Waals surface area contributed by atoms with Gasteiger partial charge in [0, 0.05) is 61.0 Å². The van der Waals surface area contributed by atoms with Crippen molar-refractivity contribution in [2.24, 2.45) is 0 Å². The molecule has 0 N–H and O–H groups in total. The van der Waals surface area contributed by atoms with Crippen molar-refractivity contribution < 1.29 is 24.5 Å². The molecule has 247 valence electrons. The Kier molecular flexibility index (Phi) is 9.75. The number of hydrogen-bond acceptors (Lipinski definition) is 5. The molecule has 8 heteroatoms. The third-order valence-electron chi connectivity index (χ3n) is 8.53. The molecule has 5 heterocycles. The number of aryl methyl sites for hydroxylation is 3. The van der Waals surface area contributed by atoms with E-state index in [1.165, 1.54) is 10.8 Å². The predicted molar refractivity (Wildman–Crippen MR) is 199 cm³/mol. The summed E-state index contributed by atoms with van der Waals surface area (Å²) in [6, 6.07) is 35.0. The van der Waals surface area contributed by atoms with Crippen LogP contribution in [0, 0.1) is 26.0 Å². The van der Waals surface area contributed by atoms with Gasteiger partial charge in [0.2, 0.25) is 0 Å². The fourth-order valence-electron chi connectivity index (χ4n) is 6.15. The van der Waals surface area contributed by atoms with Crippen LogP contribution < -0.4 is 5.19 Å². The maximum absolute atomic E-state index is 6.29. The van der Waals surface area contributed by atoms with Crippen LogP contribution in [0.1, 0.15) is 23.9 Å². The Bertz CT molecular complexity index is 2400. The number of aromatic nitrogens is 5. The van der Waals surface area contributed by atoms with E-state index in [-0.39, 0.29) is 20.1 Å². The molecule has 8 aromatic rings. The summed E-state index contributed by atoms with van der Waals surface area (Å²) in [6.07, 6.45) is 6.90. The van der Waals surface area contributed by atoms with E-state index in [1.54, 1.807) is 0 Å². The second-order valence-corrected chi connectivity index (χ2v) is 18.1. The van der Waals surface area contributed by atoms with Gasteiger partial charge in [-0.15, -0.1) is 54.1 Å². The standard InChI is InChI=1S/C25H17N4O.C16H20NSi.Ir/c1-15-11-21-22(14-27-15)29(17-7-4-3-5-8-17)25(28-21)19-10-6-9-18-20-13-26-16(2)12-23(20)30-24(18)19;1-5-13-11-15(14-9-7-6-8-10-14)17-12-16(13)18(2,3)4;/h3-9,11-14H,1-2H3;6-9,11-12H,5H2,1-4H3;/q2*-1;. The van der Waals surface area contributed by atoms with Gasteiger partial charge in [-0.1, -0.05) is 67.3 Å². The molecule has 0 aliphatic rings. The topological polar surface area (TPSA) is 69.6 Å². The van der Waals surface area contributed by atoms with Gasteiger partial charge in [0.05, 0.1) is 36.7 Å². The summed E-state index contributed by atoms with van der Waals surface area (Å²) in [5.74, 6) is 0.776. The number of imidazole rings is 1. The summed E-state index contributed by atoms with van der Waals surface area (Å²) in [4.78, 5) is 18.5. The molecule has 3 aromatic carbocycles. The zero-order chi connectivity index (χ0) is 33.4. The molecular formula is C41H37IrN5OSi-2. The molecule has 1 radical (unpaired) electrons. The average Bonchev–Trinajstić information content (AvgIpc) is 3.66. The fraction of sp³-hybridized carbons (Fsp3) is 0.171. The van der Waals surface area contributed by atoms with Gasteiger partial charge in [-0.25, -0.2) is 0 Å². The van der Waals surface area contributed by atoms with E-state index in [1.807, 2.05) is 86.9 Å². The largest absolute Gasteiger partial charge is 0.500 e. The number of furan rings is 1. The van der Waals surface area contributed by atoms with Gasteiger partial charge in [0.25, 0.3) is 0 Å². The van der Waals surface area contributed by atoms with Crippen molar-refractivity contribution >= 4 is 46.2 Å². The van der Waals surface area contributed by atoms with Gasteiger partial charge in [-0.2, -0.15) is 0 Å². The monoisotopic (exact) mass is 836 g/mol. The average molecular weight is 836 g/mol. The quantitative estimate of drug-likeness (QED) is 0.128. The van der Waals surface area contributed by atoms with E-state index in [2.05, 4.69) is 88.7 Å². The Labute approximate surface area is 301 Å². The third-order valence-corrected chi connectivity index (χ3v) is 10.6. The van der Waals surface area contributed by atoms with E-state index in [4.69, 9.17) is 9.40 Å². The molecule has 0 bridgehead atoms. The van der Waals surface area contributed by atoms with E-state index in [0.717, 1.165) is 79.1 Å². The first-order chi connectivity index (χ1) is 23.2. The summed E-state index contributed by atoms with van der Waals surface area (Å²) in [5.41, 5.74) is 10.7. The smallest absolute Gasteiger partial charge is 0.124 e. The number of nitrogens with zero attached hydrogens (tertiary/aromatic N) is 5. The van der Waals surface area contributed by atoms with Gasteiger partial charge >= 0.3 is 0 Å². The van der Waals surface area contributed by atoms with Crippen LogP contribution in [0.25, 0.3) is 61.3 Å². The maximum Gasteiger partial charge on any atom is 0.124 e. The zero-order valence-corrected chi connectivity index (χ0v) is 31.9. The van der Waals surface area contributed by atoms with Crippen molar-refractivity contribution in [3.05, 3.63) is 133 Å². The van der Waals surface area contributed by atoms with Crippen molar-refractivity contribution in [1.82, 2.24) is 24.5 Å². The molecule has 0 spiro atoms. The van der Waals surface area contributed by atoms with E-state index >= 15 is 0 Å². The second-order valence-electron chi connectivity index (χ2n) is 13.0. The Balaban J connectivity index is 0.000000189. The van der Waals surface area contributed by atoms with Crippen LogP contribution in [0.15, 0.2) is 108 Å². The molecule has 8 rings (SSSR count). The Morgan fingerprint density at radius 1 is 0.776 bits per heavy atom. The van der Waals surface area contributed by atoms with Crippen LogP contribution in [0.3, 0.4) is 0 Å². The molecule has 0 unspecified atom stereocenters. The van der Waals surface area contributed by atoms with Gasteiger partial charge < -0.3 is 14.0 Å². The van der Waals surface area contributed by atoms with Crippen LogP contribution in [0.4, 0.5) is 0 Å². The molecule has 0 amide bonds. The first-order valence-corrected chi connectivity index (χ1v) is 19.8. The van der Waals surface area contributed by atoms with Crippen LogP contribution in [-0.2, 0) is 26.5 Å². The van der Waals surface area contributed by atoms with Crippen molar-refractivity contribution in [1.29, 1.82) is 0 Å². The maximum atomic E-state index is 6.29. The minimum atomic E-state index is -1.30. The predicted octanol–water partition coefficient (Wildman–Crippen LogP) is 9.45. The number of para-hydroxylation sites is 1. The van der Waals surface area contributed by atoms with Crippen LogP contribution in [0.2, 0.25) is 19.6 Å². The molecule has 0 aliphatic heterocycles. The summed E-state index contributed by atoms with van der Waals surface area (Å²) < 4.78 is 8.40. The SMILES string of the molecule is CCc1cc(-c2[c-]cccc2)ncc1[Si](C)(C)C.Cc1cc2nc(-c3[c-]ccc4c3oc3cc(C)ncc34)n(-c3ccccc3)c2cn1.[Ir]. The molecular weight excluding hydrogens is 799 g/mol. The van der Waals surface area contributed by atoms with Gasteiger partial charge in [0.15, 0.2) is 0 Å². The van der Waals surface area contributed by atoms with Crippen molar-refractivity contribution in [3.8, 4) is 28.3 Å². The minimum absolute atomic E-state index is 0. The summed E-state index contributed by atoms with van der Waals surface area (Å²) in [5, 5.41) is 3.47. The molecule has 0 saturated carbocycles. The minimum Gasteiger partial charge on any atom is -0.500 e. The Hall–Kier alpha value is -4.75. The fourth-order valence-corrected chi connectivity index (χ4v) is 7.81. The summed E-state index contributed by atoms with van der Waals surface area (Å²) in [7, 11) is -1.30. The van der Waals surface area contributed by atoms with E-state index in [9.17, 15) is 0 Å². The number of pyridine rings is 3. The number of hydrogen-bond donors (Lipinski definition) is 0. The van der Waals surface area contributed by atoms with Gasteiger partial charge in [0.1, 0.15) is 5.58 Å². The zero-order valence-electron chi connectivity index (χ0n) is 28.5. The third kappa shape index (κ3) is 6.77. The molecule has 6 nitrogen and oxygen atoms in total. The first-order valence-electron chi connectivity index (χ1n) is 16.3. The Morgan fingerprint density at radius 2 is 1.53 bits per heavy atom. The van der Waals surface area contributed by atoms with Gasteiger partial charge in [-0.05, 0) is 49.3 Å². The van der Waals surface area contributed by atoms with Crippen molar-refractivity contribution in [2.75, 3.05) is 0 Å². The first kappa shape index (κ1) is 34.1. The van der Waals surface area contributed by atoms with Crippen LogP contribution in [0.5, 0.6) is 0 Å². The molecule has 0 aliphatic carbocycles. The molecule has 0 atom stereocenters. The molecule has 0 saturated heterocycles. The van der Waals surface area contributed by atoms with Crippen molar-refractivity contribution in [2.45, 2.75) is 46.8 Å². The second kappa shape index (κ2) is 14.0.